The first kappa shape index (κ1) is 26.5. The van der Waals surface area contributed by atoms with Crippen LogP contribution in [0.3, 0.4) is 0 Å². The SMILES string of the molecule is CC(C)OC(=O)[C@@H](C)N[P@](=O)(CO[C@H](C)Cn1cnc2c(N=O)ncnc21)Oc1ccc2c(c1)OCO2. The molecule has 1 aliphatic rings. The molecule has 0 amide bonds. The van der Waals surface area contributed by atoms with Crippen LogP contribution in [0.1, 0.15) is 27.7 Å². The molecule has 37 heavy (non-hydrogen) atoms. The highest BCUT2D eigenvalue weighted by molar-refractivity contribution is 7.57. The van der Waals surface area contributed by atoms with Gasteiger partial charge in [0.15, 0.2) is 22.7 Å². The van der Waals surface area contributed by atoms with Crippen LogP contribution in [0.15, 0.2) is 36.0 Å². The standard InChI is InChI=1S/C22H27N6O8P/c1-13(2)35-22(29)15(4)27-37(31,36-16-5-6-17-18(7-16)33-11-32-17)12-34-14(3)8-28-10-25-19-20(26-30)23-9-24-21(19)28/h5-7,9-10,13-15H,8,11-12H2,1-4H3,(H,27,31)/t14-,15-,37+/m1/s1. The lowest BCUT2D eigenvalue weighted by Crippen LogP contribution is -2.37. The van der Waals surface area contributed by atoms with Crippen molar-refractivity contribution in [2.75, 3.05) is 13.1 Å². The number of esters is 1. The van der Waals surface area contributed by atoms with Crippen LogP contribution >= 0.6 is 7.52 Å². The quantitative estimate of drug-likeness (QED) is 0.204. The Balaban J connectivity index is 1.48. The Morgan fingerprint density at radius 3 is 2.73 bits per heavy atom. The van der Waals surface area contributed by atoms with Gasteiger partial charge in [0.2, 0.25) is 12.6 Å². The Morgan fingerprint density at radius 1 is 1.19 bits per heavy atom. The molecule has 198 valence electrons. The monoisotopic (exact) mass is 534 g/mol. The van der Waals surface area contributed by atoms with Crippen LogP contribution in [0.4, 0.5) is 5.82 Å². The fourth-order valence-corrected chi connectivity index (χ4v) is 5.28. The van der Waals surface area contributed by atoms with Crippen molar-refractivity contribution in [3.8, 4) is 17.2 Å². The number of hydrogen-bond donors (Lipinski definition) is 1. The van der Waals surface area contributed by atoms with Crippen molar-refractivity contribution in [1.29, 1.82) is 0 Å². The van der Waals surface area contributed by atoms with E-state index in [1.807, 2.05) is 0 Å². The number of hydrogen-bond acceptors (Lipinski definition) is 12. The molecule has 0 bridgehead atoms. The number of nitroso groups, excluding NO2 is 1. The molecule has 1 aromatic carbocycles. The van der Waals surface area contributed by atoms with Gasteiger partial charge in [-0.05, 0) is 45.0 Å². The number of rotatable bonds is 12. The van der Waals surface area contributed by atoms with Crippen LogP contribution in [0.5, 0.6) is 17.2 Å². The summed E-state index contributed by atoms with van der Waals surface area (Å²) in [5.41, 5.74) is 0.670. The molecule has 0 spiro atoms. The number of carbonyl (C=O) groups is 1. The van der Waals surface area contributed by atoms with Crippen molar-refractivity contribution in [2.24, 2.45) is 5.18 Å². The van der Waals surface area contributed by atoms with E-state index >= 15 is 0 Å². The lowest BCUT2D eigenvalue weighted by atomic mass is 10.3. The second-order valence-corrected chi connectivity index (χ2v) is 10.6. The van der Waals surface area contributed by atoms with Crippen molar-refractivity contribution in [2.45, 2.75) is 52.5 Å². The normalized spacial score (nSPS) is 15.8. The number of nitrogens with zero attached hydrogens (tertiary/aromatic N) is 5. The molecule has 0 radical (unpaired) electrons. The molecule has 0 saturated carbocycles. The maximum absolute atomic E-state index is 13.9. The zero-order valence-electron chi connectivity index (χ0n) is 20.7. The highest BCUT2D eigenvalue weighted by atomic mass is 31.2. The Labute approximate surface area is 212 Å². The molecule has 0 saturated heterocycles. The van der Waals surface area contributed by atoms with E-state index < -0.39 is 25.6 Å². The number of benzene rings is 1. The van der Waals surface area contributed by atoms with E-state index in [1.165, 1.54) is 19.6 Å². The molecule has 0 aliphatic carbocycles. The third-order valence-corrected chi connectivity index (χ3v) is 6.92. The van der Waals surface area contributed by atoms with Gasteiger partial charge in [-0.15, -0.1) is 4.91 Å². The summed E-state index contributed by atoms with van der Waals surface area (Å²) in [5, 5.41) is 5.60. The number of nitrogens with one attached hydrogen (secondary N) is 1. The second-order valence-electron chi connectivity index (χ2n) is 8.58. The molecule has 3 aromatic rings. The van der Waals surface area contributed by atoms with Crippen LogP contribution in [0.2, 0.25) is 0 Å². The molecule has 3 atom stereocenters. The molecule has 2 aromatic heterocycles. The van der Waals surface area contributed by atoms with E-state index in [4.69, 9.17) is 23.5 Å². The van der Waals surface area contributed by atoms with Crippen molar-refractivity contribution < 1.29 is 32.8 Å². The third kappa shape index (κ3) is 6.40. The maximum Gasteiger partial charge on any atom is 0.342 e. The van der Waals surface area contributed by atoms with Gasteiger partial charge < -0.3 is 28.0 Å². The van der Waals surface area contributed by atoms with Gasteiger partial charge in [-0.25, -0.2) is 20.0 Å². The molecule has 1 N–H and O–H groups in total. The van der Waals surface area contributed by atoms with Crippen LogP contribution in [0.25, 0.3) is 11.2 Å². The minimum Gasteiger partial charge on any atom is -0.462 e. The topological polar surface area (TPSA) is 165 Å². The number of aromatic nitrogens is 4. The van der Waals surface area contributed by atoms with E-state index in [0.717, 1.165) is 0 Å². The highest BCUT2D eigenvalue weighted by Crippen LogP contribution is 2.46. The van der Waals surface area contributed by atoms with Crippen LogP contribution in [-0.4, -0.2) is 56.9 Å². The molecule has 0 unspecified atom stereocenters. The van der Waals surface area contributed by atoms with Gasteiger partial charge in [-0.1, -0.05) is 0 Å². The summed E-state index contributed by atoms with van der Waals surface area (Å²) in [6, 6.07) is 3.83. The van der Waals surface area contributed by atoms with Crippen LogP contribution < -0.4 is 19.1 Å². The molecular formula is C22H27N6O8P. The predicted molar refractivity (Wildman–Crippen MR) is 131 cm³/mol. The Morgan fingerprint density at radius 2 is 1.97 bits per heavy atom. The molecule has 14 nitrogen and oxygen atoms in total. The fraction of sp³-hybridized carbons (Fsp3) is 0.455. The third-order valence-electron chi connectivity index (χ3n) is 5.14. The van der Waals surface area contributed by atoms with E-state index in [0.29, 0.717) is 17.1 Å². The van der Waals surface area contributed by atoms with Crippen molar-refractivity contribution in [1.82, 2.24) is 24.6 Å². The summed E-state index contributed by atoms with van der Waals surface area (Å²) in [5.74, 6) is 0.584. The summed E-state index contributed by atoms with van der Waals surface area (Å²) in [6.45, 7) is 7.06. The first-order valence-corrected chi connectivity index (χ1v) is 13.3. The first-order chi connectivity index (χ1) is 17.7. The lowest BCUT2D eigenvalue weighted by Gasteiger charge is -2.25. The van der Waals surface area contributed by atoms with Gasteiger partial charge >= 0.3 is 13.5 Å². The summed E-state index contributed by atoms with van der Waals surface area (Å²) >= 11 is 0. The molecule has 1 aliphatic heterocycles. The van der Waals surface area contributed by atoms with Gasteiger partial charge in [0.1, 0.15) is 24.5 Å². The predicted octanol–water partition coefficient (Wildman–Crippen LogP) is 3.52. The van der Waals surface area contributed by atoms with Crippen LogP contribution in [0, 0.1) is 4.91 Å². The molecule has 0 fully saturated rings. The lowest BCUT2D eigenvalue weighted by molar-refractivity contribution is -0.149. The van der Waals surface area contributed by atoms with Crippen molar-refractivity contribution >= 4 is 30.5 Å². The number of imidazole rings is 1. The number of carbonyl (C=O) groups excluding carboxylic acids is 1. The van der Waals surface area contributed by atoms with E-state index in [9.17, 15) is 14.3 Å². The average Bonchev–Trinajstić information content (AvgIpc) is 3.49. The average molecular weight is 534 g/mol. The molecule has 15 heteroatoms. The van der Waals surface area contributed by atoms with Gasteiger partial charge in [-0.3, -0.25) is 9.36 Å². The van der Waals surface area contributed by atoms with Gasteiger partial charge in [-0.2, -0.15) is 0 Å². The summed E-state index contributed by atoms with van der Waals surface area (Å²) < 4.78 is 43.1. The van der Waals surface area contributed by atoms with Crippen LogP contribution in [-0.2, 0) is 25.4 Å². The second kappa shape index (κ2) is 11.2. The van der Waals surface area contributed by atoms with Gasteiger partial charge in [0, 0.05) is 6.07 Å². The molecular weight excluding hydrogens is 507 g/mol. The van der Waals surface area contributed by atoms with Gasteiger partial charge in [0.05, 0.1) is 25.1 Å². The number of ether oxygens (including phenoxy) is 4. The zero-order chi connectivity index (χ0) is 26.6. The molecule has 4 rings (SSSR count). The summed E-state index contributed by atoms with van der Waals surface area (Å²) in [6.07, 6.45) is 1.50. The van der Waals surface area contributed by atoms with Gasteiger partial charge in [0.25, 0.3) is 0 Å². The summed E-state index contributed by atoms with van der Waals surface area (Å²) in [4.78, 5) is 35.4. The minimum atomic E-state index is -3.80. The van der Waals surface area contributed by atoms with Crippen molar-refractivity contribution in [3.63, 3.8) is 0 Å². The van der Waals surface area contributed by atoms with E-state index in [1.54, 1.807) is 43.5 Å². The minimum absolute atomic E-state index is 0.0644. The smallest absolute Gasteiger partial charge is 0.342 e. The largest absolute Gasteiger partial charge is 0.462 e. The van der Waals surface area contributed by atoms with E-state index in [-0.39, 0.29) is 42.9 Å². The first-order valence-electron chi connectivity index (χ1n) is 11.4. The molecule has 3 heterocycles. The zero-order valence-corrected chi connectivity index (χ0v) is 21.6. The Hall–Kier alpha value is -3.61. The highest BCUT2D eigenvalue weighted by Gasteiger charge is 2.32. The Bertz CT molecular complexity index is 1330. The maximum atomic E-state index is 13.9. The summed E-state index contributed by atoms with van der Waals surface area (Å²) in [7, 11) is -3.80. The Kier molecular flexibility index (Phi) is 8.00. The van der Waals surface area contributed by atoms with Crippen molar-refractivity contribution in [3.05, 3.63) is 35.8 Å². The fourth-order valence-electron chi connectivity index (χ4n) is 3.50. The van der Waals surface area contributed by atoms with E-state index in [2.05, 4.69) is 25.2 Å². The number of fused-ring (bicyclic) bond motifs is 2.